The third-order valence-corrected chi connectivity index (χ3v) is 3.83. The first kappa shape index (κ1) is 15.8. The van der Waals surface area contributed by atoms with Crippen LogP contribution >= 0.6 is 11.3 Å². The molecule has 0 aliphatic carbocycles. The number of alkyl halides is 3. The third-order valence-electron chi connectivity index (χ3n) is 2.88. The molecule has 0 radical (unpaired) electrons. The molecule has 0 aliphatic rings. The van der Waals surface area contributed by atoms with Crippen LogP contribution in [-0.4, -0.2) is 35.8 Å². The van der Waals surface area contributed by atoms with E-state index in [0.29, 0.717) is 28.5 Å². The number of aromatic nitrogens is 2. The Morgan fingerprint density at radius 3 is 2.57 bits per heavy atom. The van der Waals surface area contributed by atoms with E-state index in [4.69, 9.17) is 0 Å². The summed E-state index contributed by atoms with van der Waals surface area (Å²) in [5.41, 5.74) is 0. The molecule has 0 aliphatic heterocycles. The second-order valence-corrected chi connectivity index (χ2v) is 5.84. The van der Waals surface area contributed by atoms with Gasteiger partial charge in [0, 0.05) is 18.0 Å². The number of hydrogen-bond donors (Lipinski definition) is 1. The van der Waals surface area contributed by atoms with Gasteiger partial charge in [0.1, 0.15) is 17.2 Å². The molecule has 2 heterocycles. The number of thiophene rings is 1. The van der Waals surface area contributed by atoms with E-state index >= 15 is 0 Å². The topological polar surface area (TPSA) is 41.1 Å². The van der Waals surface area contributed by atoms with E-state index < -0.39 is 12.7 Å². The highest BCUT2D eigenvalue weighted by molar-refractivity contribution is 7.18. The summed E-state index contributed by atoms with van der Waals surface area (Å²) in [5, 5.41) is 3.64. The van der Waals surface area contributed by atoms with Gasteiger partial charge in [-0.25, -0.2) is 4.98 Å². The fourth-order valence-electron chi connectivity index (χ4n) is 2.06. The second kappa shape index (κ2) is 6.05. The normalized spacial score (nSPS) is 11.9. The van der Waals surface area contributed by atoms with Gasteiger partial charge in [-0.05, 0) is 26.8 Å². The minimum absolute atomic E-state index is 0.228. The summed E-state index contributed by atoms with van der Waals surface area (Å²) in [6.45, 7) is 5.30. The van der Waals surface area contributed by atoms with Gasteiger partial charge in [0.25, 0.3) is 0 Å². The molecule has 1 N–H and O–H groups in total. The van der Waals surface area contributed by atoms with Crippen LogP contribution in [0.2, 0.25) is 0 Å². The highest BCUT2D eigenvalue weighted by Gasteiger charge is 2.31. The van der Waals surface area contributed by atoms with Crippen molar-refractivity contribution in [2.45, 2.75) is 26.9 Å². The lowest BCUT2D eigenvalue weighted by molar-refractivity contribution is -0.119. The smallest absolute Gasteiger partial charge is 0.354 e. The molecule has 0 spiro atoms. The Morgan fingerprint density at radius 1 is 1.29 bits per heavy atom. The van der Waals surface area contributed by atoms with Crippen LogP contribution in [0.1, 0.15) is 18.7 Å². The molecule has 0 unspecified atom stereocenters. The van der Waals surface area contributed by atoms with Gasteiger partial charge in [-0.2, -0.15) is 18.2 Å². The summed E-state index contributed by atoms with van der Waals surface area (Å²) >= 11 is 1.45. The molecule has 4 nitrogen and oxygen atoms in total. The fraction of sp³-hybridized carbons (Fsp3) is 0.538. The van der Waals surface area contributed by atoms with Gasteiger partial charge in [0.15, 0.2) is 0 Å². The highest BCUT2D eigenvalue weighted by atomic mass is 32.1. The zero-order chi connectivity index (χ0) is 15.6. The lowest BCUT2D eigenvalue weighted by atomic mass is 10.3. The van der Waals surface area contributed by atoms with E-state index in [9.17, 15) is 13.2 Å². The molecule has 2 rings (SSSR count). The van der Waals surface area contributed by atoms with Crippen LogP contribution in [-0.2, 0) is 0 Å². The lowest BCUT2D eigenvalue weighted by Crippen LogP contribution is -2.35. The summed E-state index contributed by atoms with van der Waals surface area (Å²) < 4.78 is 38.2. The Labute approximate surface area is 125 Å². The van der Waals surface area contributed by atoms with Gasteiger partial charge >= 0.3 is 6.18 Å². The zero-order valence-electron chi connectivity index (χ0n) is 12.1. The van der Waals surface area contributed by atoms with Crippen LogP contribution in [0.4, 0.5) is 24.9 Å². The monoisotopic (exact) mass is 318 g/mol. The number of rotatable bonds is 5. The Hall–Kier alpha value is -1.57. The van der Waals surface area contributed by atoms with Crippen LogP contribution in [0.5, 0.6) is 0 Å². The molecule has 0 bridgehead atoms. The summed E-state index contributed by atoms with van der Waals surface area (Å²) in [7, 11) is 0. The molecule has 21 heavy (non-hydrogen) atoms. The second-order valence-electron chi connectivity index (χ2n) is 4.61. The number of nitrogens with zero attached hydrogens (tertiary/aromatic N) is 3. The van der Waals surface area contributed by atoms with Crippen molar-refractivity contribution in [2.75, 3.05) is 29.9 Å². The number of aryl methyl sites for hydroxylation is 1. The molecule has 8 heteroatoms. The highest BCUT2D eigenvalue weighted by Crippen LogP contribution is 2.33. The van der Waals surface area contributed by atoms with Crippen LogP contribution < -0.4 is 10.2 Å². The Morgan fingerprint density at radius 2 is 2.00 bits per heavy atom. The van der Waals surface area contributed by atoms with E-state index in [1.54, 1.807) is 6.92 Å². The summed E-state index contributed by atoms with van der Waals surface area (Å²) in [6.07, 6.45) is -4.27. The van der Waals surface area contributed by atoms with Crippen molar-refractivity contribution in [3.05, 3.63) is 10.9 Å². The van der Waals surface area contributed by atoms with Gasteiger partial charge in [0.2, 0.25) is 5.95 Å². The molecule has 0 aromatic carbocycles. The number of fused-ring (bicyclic) bond motifs is 1. The average molecular weight is 318 g/mol. The number of halogens is 3. The van der Waals surface area contributed by atoms with Crippen molar-refractivity contribution >= 4 is 33.3 Å². The summed E-state index contributed by atoms with van der Waals surface area (Å²) in [5.74, 6) is 0.697. The van der Waals surface area contributed by atoms with Gasteiger partial charge in [-0.1, -0.05) is 0 Å². The molecular formula is C13H17F3N4S. The van der Waals surface area contributed by atoms with E-state index in [2.05, 4.69) is 15.3 Å². The van der Waals surface area contributed by atoms with Gasteiger partial charge < -0.3 is 10.2 Å². The Balaban J connectivity index is 2.52. The number of hydrogen-bond acceptors (Lipinski definition) is 5. The van der Waals surface area contributed by atoms with Gasteiger partial charge in [0.05, 0.1) is 5.39 Å². The van der Waals surface area contributed by atoms with Crippen molar-refractivity contribution in [3.8, 4) is 0 Å². The number of nitrogens with one attached hydrogen (secondary N) is 1. The molecule has 0 saturated carbocycles. The van der Waals surface area contributed by atoms with Gasteiger partial charge in [-0.15, -0.1) is 11.3 Å². The molecule has 0 amide bonds. The molecular weight excluding hydrogens is 301 g/mol. The minimum atomic E-state index is -4.27. The standard InChI is InChI=1S/C13H17F3N4S/c1-4-17-12-18-10(20(5-2)7-13(14,15)16)9-6-8(3)21-11(9)19-12/h6H,4-5,7H2,1-3H3,(H,17,18,19). The van der Waals surface area contributed by atoms with Gasteiger partial charge in [-0.3, -0.25) is 0 Å². The Bertz CT molecular complexity index is 624. The van der Waals surface area contributed by atoms with E-state index in [-0.39, 0.29) is 6.54 Å². The predicted molar refractivity (Wildman–Crippen MR) is 80.3 cm³/mol. The van der Waals surface area contributed by atoms with E-state index in [1.165, 1.54) is 16.2 Å². The fourth-order valence-corrected chi connectivity index (χ4v) is 2.93. The zero-order valence-corrected chi connectivity index (χ0v) is 12.9. The van der Waals surface area contributed by atoms with Crippen molar-refractivity contribution in [1.82, 2.24) is 9.97 Å². The predicted octanol–water partition coefficient (Wildman–Crippen LogP) is 3.82. The number of anilines is 2. The summed E-state index contributed by atoms with van der Waals surface area (Å²) in [6, 6.07) is 1.84. The van der Waals surface area contributed by atoms with E-state index in [1.807, 2.05) is 19.9 Å². The van der Waals surface area contributed by atoms with Crippen LogP contribution in [0, 0.1) is 6.92 Å². The lowest BCUT2D eigenvalue weighted by Gasteiger charge is -2.24. The van der Waals surface area contributed by atoms with Crippen molar-refractivity contribution in [2.24, 2.45) is 0 Å². The van der Waals surface area contributed by atoms with Crippen molar-refractivity contribution in [1.29, 1.82) is 0 Å². The van der Waals surface area contributed by atoms with Crippen LogP contribution in [0.25, 0.3) is 10.2 Å². The molecule has 0 saturated heterocycles. The van der Waals surface area contributed by atoms with Crippen molar-refractivity contribution < 1.29 is 13.2 Å². The molecule has 2 aromatic rings. The molecule has 0 fully saturated rings. The largest absolute Gasteiger partial charge is 0.405 e. The van der Waals surface area contributed by atoms with Crippen molar-refractivity contribution in [3.63, 3.8) is 0 Å². The maximum atomic E-state index is 12.7. The molecule has 116 valence electrons. The first-order chi connectivity index (χ1) is 9.84. The summed E-state index contributed by atoms with van der Waals surface area (Å²) in [4.78, 5) is 11.6. The Kier molecular flexibility index (Phi) is 4.55. The maximum Gasteiger partial charge on any atom is 0.405 e. The van der Waals surface area contributed by atoms with Crippen LogP contribution in [0.3, 0.4) is 0 Å². The quantitative estimate of drug-likeness (QED) is 0.910. The first-order valence-electron chi connectivity index (χ1n) is 6.67. The van der Waals surface area contributed by atoms with E-state index in [0.717, 1.165) is 4.88 Å². The average Bonchev–Trinajstić information content (AvgIpc) is 2.74. The maximum absolute atomic E-state index is 12.7. The SMILES string of the molecule is CCNc1nc(N(CC)CC(F)(F)F)c2cc(C)sc2n1. The first-order valence-corrected chi connectivity index (χ1v) is 7.49. The minimum Gasteiger partial charge on any atom is -0.354 e. The molecule has 2 aromatic heterocycles. The third kappa shape index (κ3) is 3.75. The van der Waals surface area contributed by atoms with Crippen LogP contribution in [0.15, 0.2) is 6.07 Å². The molecule has 0 atom stereocenters.